The second-order valence-electron chi connectivity index (χ2n) is 17.8. The molecule has 394 valence electrons. The lowest BCUT2D eigenvalue weighted by Gasteiger charge is -2.29. The number of rotatable bonds is 26. The number of morpholine rings is 1. The molecule has 1 unspecified atom stereocenters. The highest BCUT2D eigenvalue weighted by Crippen LogP contribution is 2.34. The number of ether oxygens (including phenoxy) is 6. The number of piperidine rings is 1. The van der Waals surface area contributed by atoms with Crippen molar-refractivity contribution in [3.63, 3.8) is 0 Å². The highest BCUT2D eigenvalue weighted by molar-refractivity contribution is 7.89. The molecule has 2 saturated heterocycles. The van der Waals surface area contributed by atoms with Crippen LogP contribution in [-0.4, -0.2) is 154 Å². The molecule has 4 aromatic carbocycles. The average molecular weight is 1050 g/mol. The van der Waals surface area contributed by atoms with Gasteiger partial charge in [-0.2, -0.15) is 4.72 Å². The van der Waals surface area contributed by atoms with Gasteiger partial charge in [0.2, 0.25) is 27.7 Å². The van der Waals surface area contributed by atoms with Crippen molar-refractivity contribution in [2.75, 3.05) is 89.4 Å². The summed E-state index contributed by atoms with van der Waals surface area (Å²) in [5.74, 6) is -2.67. The molecule has 4 N–H and O–H groups in total. The summed E-state index contributed by atoms with van der Waals surface area (Å²) in [5.41, 5.74) is 4.83. The second kappa shape index (κ2) is 24.8. The van der Waals surface area contributed by atoms with E-state index in [1.807, 2.05) is 48.5 Å². The minimum atomic E-state index is -4.15. The van der Waals surface area contributed by atoms with Crippen LogP contribution in [0.4, 0.5) is 11.4 Å². The van der Waals surface area contributed by atoms with E-state index in [9.17, 15) is 32.4 Å². The van der Waals surface area contributed by atoms with Gasteiger partial charge in [-0.15, -0.1) is 5.10 Å². The minimum absolute atomic E-state index is 0.00489. The molecular weight excluding hydrogens is 991 g/mol. The van der Waals surface area contributed by atoms with Gasteiger partial charge in [-0.25, -0.2) is 13.1 Å². The Morgan fingerprint density at radius 1 is 0.800 bits per heavy atom. The first-order chi connectivity index (χ1) is 36.5. The number of anilines is 2. The van der Waals surface area contributed by atoms with Crippen LogP contribution < -0.4 is 25.0 Å². The van der Waals surface area contributed by atoms with Gasteiger partial charge in [0, 0.05) is 48.0 Å². The molecule has 2 atom stereocenters. The number of fused-ring (bicyclic) bond motifs is 2. The maximum atomic E-state index is 13.9. The van der Waals surface area contributed by atoms with E-state index in [0.717, 1.165) is 45.7 Å². The molecule has 3 aliphatic heterocycles. The van der Waals surface area contributed by atoms with Gasteiger partial charge in [0.05, 0.1) is 94.8 Å². The van der Waals surface area contributed by atoms with Crippen molar-refractivity contribution in [3.8, 4) is 5.75 Å². The molecular formula is C52H57N9O13S. The highest BCUT2D eigenvalue weighted by Gasteiger charge is 2.46. The molecule has 2 aromatic heterocycles. The van der Waals surface area contributed by atoms with E-state index in [0.29, 0.717) is 64.2 Å². The van der Waals surface area contributed by atoms with Crippen LogP contribution in [0.25, 0.3) is 10.9 Å². The largest absolute Gasteiger partial charge is 0.490 e. The number of nitrogens with zero attached hydrogens (tertiary/aromatic N) is 5. The van der Waals surface area contributed by atoms with Crippen molar-refractivity contribution < 1.29 is 60.8 Å². The van der Waals surface area contributed by atoms with Crippen LogP contribution in [0.1, 0.15) is 50.4 Å². The molecule has 6 aromatic rings. The van der Waals surface area contributed by atoms with Crippen LogP contribution >= 0.6 is 0 Å². The van der Waals surface area contributed by atoms with Crippen LogP contribution in [-0.2, 0) is 67.7 Å². The zero-order valence-electron chi connectivity index (χ0n) is 40.9. The second-order valence-corrected chi connectivity index (χ2v) is 19.5. The average Bonchev–Trinajstić information content (AvgIpc) is 4.12. The monoisotopic (exact) mass is 1050 g/mol. The Bertz CT molecular complexity index is 3090. The number of para-hydroxylation sites is 1. The van der Waals surface area contributed by atoms with Crippen molar-refractivity contribution in [3.05, 3.63) is 131 Å². The number of amides is 5. The Morgan fingerprint density at radius 3 is 2.24 bits per heavy atom. The van der Waals surface area contributed by atoms with E-state index in [1.165, 1.54) is 18.2 Å². The third-order valence-corrected chi connectivity index (χ3v) is 14.2. The number of aromatic amines is 1. The molecule has 22 nitrogen and oxygen atoms in total. The number of hydrogen-bond donors (Lipinski definition) is 4. The Balaban J connectivity index is 0.653. The van der Waals surface area contributed by atoms with Crippen LogP contribution in [0.2, 0.25) is 0 Å². The lowest BCUT2D eigenvalue weighted by molar-refractivity contribution is -0.136. The number of aromatic nitrogens is 4. The number of imide groups is 2. The number of carbonyl (C=O) groups is 5. The fourth-order valence-electron chi connectivity index (χ4n) is 8.86. The molecule has 0 saturated carbocycles. The zero-order chi connectivity index (χ0) is 52.2. The lowest BCUT2D eigenvalue weighted by atomic mass is 10.0. The molecule has 0 spiro atoms. The van der Waals surface area contributed by atoms with E-state index < -0.39 is 51.6 Å². The molecule has 0 aliphatic carbocycles. The molecule has 75 heavy (non-hydrogen) atoms. The van der Waals surface area contributed by atoms with Gasteiger partial charge in [-0.1, -0.05) is 41.6 Å². The first-order valence-corrected chi connectivity index (χ1v) is 26.1. The van der Waals surface area contributed by atoms with Crippen LogP contribution in [0.15, 0.2) is 108 Å². The summed E-state index contributed by atoms with van der Waals surface area (Å²) in [4.78, 5) is 70.4. The number of sulfonamides is 1. The summed E-state index contributed by atoms with van der Waals surface area (Å²) in [6.07, 6.45) is 3.74. The molecule has 23 heteroatoms. The molecule has 0 radical (unpaired) electrons. The highest BCUT2D eigenvalue weighted by atomic mass is 32.2. The lowest BCUT2D eigenvalue weighted by Crippen LogP contribution is -2.54. The van der Waals surface area contributed by atoms with Gasteiger partial charge in [-0.3, -0.25) is 34.2 Å². The van der Waals surface area contributed by atoms with Gasteiger partial charge in [-0.05, 0) is 78.6 Å². The quantitative estimate of drug-likeness (QED) is 0.0449. The van der Waals surface area contributed by atoms with E-state index in [4.69, 9.17) is 28.4 Å². The van der Waals surface area contributed by atoms with Crippen LogP contribution in [0.5, 0.6) is 5.75 Å². The number of hydrogen-bond acceptors (Lipinski definition) is 16. The molecule has 3 aliphatic rings. The predicted molar refractivity (Wildman–Crippen MR) is 271 cm³/mol. The zero-order valence-corrected chi connectivity index (χ0v) is 41.8. The molecule has 5 amide bonds. The molecule has 5 heterocycles. The number of benzene rings is 4. The van der Waals surface area contributed by atoms with Gasteiger partial charge >= 0.3 is 0 Å². The van der Waals surface area contributed by atoms with Crippen molar-refractivity contribution >= 4 is 61.8 Å². The summed E-state index contributed by atoms with van der Waals surface area (Å²) in [6, 6.07) is 24.0. The van der Waals surface area contributed by atoms with Crippen LogP contribution in [0, 0.1) is 0 Å². The number of carbonyl (C=O) groups excluding carboxylic acids is 5. The standard InChI is InChI=1S/C52H57N9O13S/c62-47-17-16-45(50(64)55-47)61-51(65)42-5-3-7-46(48(42)52(61)66)74-29-28-72-25-24-70-22-23-71-26-27-73-34-38-33-60(58-56-38)32-35-8-14-40(15-9-35)75(67,68)57-44(30-36-31-53-43-6-2-1-4-41(36)43)49(63)54-37-10-12-39(13-11-37)59-18-20-69-21-19-59/h1-15,31,33,44-45,53,57H,16-30,32,34H2,(H,54,63)(H,55,62,64)/t44-,45?/m0/s1. The first-order valence-electron chi connectivity index (χ1n) is 24.6. The maximum Gasteiger partial charge on any atom is 0.266 e. The molecule has 2 fully saturated rings. The first kappa shape index (κ1) is 52.5. The SMILES string of the molecule is O=C1CCC(N2C(=O)c3cccc(OCCOCCOCCOCCOCc4cn(Cc5ccc(S(=O)(=O)N[C@@H](Cc6c[nH]c7ccccc67)C(=O)Nc6ccc(N7CCOCC7)cc6)cc5)nn4)c3C2=O)C(=O)N1. The molecule has 0 bridgehead atoms. The number of nitrogens with one attached hydrogen (secondary N) is 4. The third-order valence-electron chi connectivity index (χ3n) is 12.7. The normalized spacial score (nSPS) is 16.3. The summed E-state index contributed by atoms with van der Waals surface area (Å²) < 4.78 is 65.7. The van der Waals surface area contributed by atoms with E-state index in [1.54, 1.807) is 41.3 Å². The fraction of sp³-hybridized carbons (Fsp3) is 0.365. The van der Waals surface area contributed by atoms with E-state index >= 15 is 0 Å². The smallest absolute Gasteiger partial charge is 0.266 e. The maximum absolute atomic E-state index is 13.9. The van der Waals surface area contributed by atoms with Gasteiger partial charge in [0.1, 0.15) is 30.1 Å². The van der Waals surface area contributed by atoms with Gasteiger partial charge in [0.15, 0.2) is 0 Å². The third kappa shape index (κ3) is 13.3. The van der Waals surface area contributed by atoms with Crippen molar-refractivity contribution in [2.45, 2.75) is 49.4 Å². The Morgan fingerprint density at radius 2 is 1.51 bits per heavy atom. The van der Waals surface area contributed by atoms with E-state index in [-0.39, 0.29) is 67.5 Å². The molecule has 9 rings (SSSR count). The summed E-state index contributed by atoms with van der Waals surface area (Å²) in [7, 11) is -4.15. The van der Waals surface area contributed by atoms with Crippen molar-refractivity contribution in [1.29, 1.82) is 0 Å². The fourth-order valence-corrected chi connectivity index (χ4v) is 10.1. The Hall–Kier alpha value is -7.38. The van der Waals surface area contributed by atoms with Crippen molar-refractivity contribution in [2.24, 2.45) is 0 Å². The summed E-state index contributed by atoms with van der Waals surface area (Å²) in [5, 5.41) is 14.4. The summed E-state index contributed by atoms with van der Waals surface area (Å²) >= 11 is 0. The van der Waals surface area contributed by atoms with Crippen molar-refractivity contribution in [1.82, 2.24) is 34.9 Å². The van der Waals surface area contributed by atoms with Crippen LogP contribution in [0.3, 0.4) is 0 Å². The minimum Gasteiger partial charge on any atom is -0.490 e. The van der Waals surface area contributed by atoms with Gasteiger partial charge < -0.3 is 43.6 Å². The topological polar surface area (TPSA) is 264 Å². The predicted octanol–water partition coefficient (Wildman–Crippen LogP) is 3.22. The number of H-pyrrole nitrogens is 1. The Kier molecular flexibility index (Phi) is 17.3. The van der Waals surface area contributed by atoms with E-state index in [2.05, 4.69) is 35.6 Å². The van der Waals surface area contributed by atoms with Gasteiger partial charge in [0.25, 0.3) is 11.8 Å². The Labute approximate surface area is 432 Å². The summed E-state index contributed by atoms with van der Waals surface area (Å²) in [6.45, 7) is 5.59.